The highest BCUT2D eigenvalue weighted by molar-refractivity contribution is 5.81. The molecule has 0 saturated heterocycles. The molecule has 94 valence electrons. The number of halogens is 1. The first-order valence-electron chi connectivity index (χ1n) is 5.98. The molecule has 3 heteroatoms. The third kappa shape index (κ3) is 5.09. The van der Waals surface area contributed by atoms with Crippen molar-refractivity contribution in [3.8, 4) is 0 Å². The fourth-order valence-corrected chi connectivity index (χ4v) is 1.65. The van der Waals surface area contributed by atoms with Crippen LogP contribution in [0.5, 0.6) is 0 Å². The van der Waals surface area contributed by atoms with E-state index in [2.05, 4.69) is 0 Å². The minimum Gasteiger partial charge on any atom is -0.382 e. The molecule has 0 atom stereocenters. The Morgan fingerprint density at radius 3 is 2.88 bits per heavy atom. The van der Waals surface area contributed by atoms with E-state index in [4.69, 9.17) is 4.74 Å². The minimum absolute atomic E-state index is 0.137. The Hall–Kier alpha value is -1.22. The average Bonchev–Trinajstić information content (AvgIpc) is 2.29. The second-order valence-electron chi connectivity index (χ2n) is 4.09. The maximum atomic E-state index is 13.0. The van der Waals surface area contributed by atoms with Crippen molar-refractivity contribution in [2.45, 2.75) is 33.1 Å². The van der Waals surface area contributed by atoms with E-state index in [-0.39, 0.29) is 11.6 Å². The summed E-state index contributed by atoms with van der Waals surface area (Å²) in [6, 6.07) is 4.56. The second-order valence-corrected chi connectivity index (χ2v) is 4.09. The van der Waals surface area contributed by atoms with Crippen LogP contribution in [0.25, 0.3) is 0 Å². The summed E-state index contributed by atoms with van der Waals surface area (Å²) in [4.78, 5) is 11.7. The van der Waals surface area contributed by atoms with Gasteiger partial charge in [0.25, 0.3) is 0 Å². The van der Waals surface area contributed by atoms with Crippen molar-refractivity contribution in [1.29, 1.82) is 0 Å². The molecule has 0 aliphatic heterocycles. The molecule has 0 heterocycles. The monoisotopic (exact) mass is 238 g/mol. The first-order valence-corrected chi connectivity index (χ1v) is 5.98. The number of benzene rings is 1. The molecule has 2 nitrogen and oxygen atoms in total. The number of hydrogen-bond acceptors (Lipinski definition) is 2. The van der Waals surface area contributed by atoms with Crippen LogP contribution in [0.4, 0.5) is 4.39 Å². The van der Waals surface area contributed by atoms with Crippen molar-refractivity contribution < 1.29 is 13.9 Å². The Bertz CT molecular complexity index is 374. The van der Waals surface area contributed by atoms with Crippen LogP contribution < -0.4 is 0 Å². The lowest BCUT2D eigenvalue weighted by Crippen LogP contribution is -2.06. The van der Waals surface area contributed by atoms with E-state index in [1.807, 2.05) is 13.8 Å². The van der Waals surface area contributed by atoms with Crippen LogP contribution in [0.15, 0.2) is 18.2 Å². The fraction of sp³-hybridized carbons (Fsp3) is 0.500. The van der Waals surface area contributed by atoms with E-state index in [0.29, 0.717) is 26.1 Å². The summed E-state index contributed by atoms with van der Waals surface area (Å²) in [6.07, 6.45) is 1.55. The molecule has 0 fully saturated rings. The number of carbonyl (C=O) groups excluding carboxylic acids is 1. The van der Waals surface area contributed by atoms with Gasteiger partial charge in [-0.1, -0.05) is 6.07 Å². The highest BCUT2D eigenvalue weighted by atomic mass is 19.1. The van der Waals surface area contributed by atoms with Crippen molar-refractivity contribution >= 4 is 5.78 Å². The molecule has 17 heavy (non-hydrogen) atoms. The van der Waals surface area contributed by atoms with Crippen LogP contribution in [-0.4, -0.2) is 19.0 Å². The fourth-order valence-electron chi connectivity index (χ4n) is 1.65. The van der Waals surface area contributed by atoms with Crippen molar-refractivity contribution in [3.63, 3.8) is 0 Å². The first kappa shape index (κ1) is 13.8. The number of hydrogen-bond donors (Lipinski definition) is 0. The number of ether oxygens (including phenoxy) is 1. The van der Waals surface area contributed by atoms with E-state index in [0.717, 1.165) is 17.5 Å². The van der Waals surface area contributed by atoms with Gasteiger partial charge in [0.1, 0.15) is 11.6 Å². The molecule has 1 aromatic carbocycles. The predicted molar refractivity (Wildman–Crippen MR) is 65.6 cm³/mol. The Morgan fingerprint density at radius 2 is 2.18 bits per heavy atom. The van der Waals surface area contributed by atoms with Gasteiger partial charge >= 0.3 is 0 Å². The molecule has 0 aliphatic carbocycles. The van der Waals surface area contributed by atoms with Gasteiger partial charge in [0, 0.05) is 26.1 Å². The van der Waals surface area contributed by atoms with Gasteiger partial charge in [-0.05, 0) is 43.5 Å². The minimum atomic E-state index is -0.285. The number of aryl methyl sites for hydroxylation is 1. The normalized spacial score (nSPS) is 10.5. The van der Waals surface area contributed by atoms with Gasteiger partial charge in [0.2, 0.25) is 0 Å². The van der Waals surface area contributed by atoms with Gasteiger partial charge in [-0.25, -0.2) is 4.39 Å². The summed E-state index contributed by atoms with van der Waals surface area (Å²) in [5.41, 5.74) is 1.75. The number of carbonyl (C=O) groups is 1. The van der Waals surface area contributed by atoms with Crippen molar-refractivity contribution in [2.24, 2.45) is 0 Å². The van der Waals surface area contributed by atoms with Gasteiger partial charge in [0.05, 0.1) is 0 Å². The van der Waals surface area contributed by atoms with Crippen LogP contribution in [0, 0.1) is 12.7 Å². The molecule has 1 aromatic rings. The van der Waals surface area contributed by atoms with Gasteiger partial charge in [-0.3, -0.25) is 4.79 Å². The van der Waals surface area contributed by atoms with Crippen molar-refractivity contribution in [3.05, 3.63) is 35.1 Å². The molecule has 0 amide bonds. The Kier molecular flexibility index (Phi) is 5.84. The Labute approximate surface area is 102 Å². The molecular formula is C14H19FO2. The molecule has 0 spiro atoms. The van der Waals surface area contributed by atoms with Crippen LogP contribution >= 0.6 is 0 Å². The third-order valence-corrected chi connectivity index (χ3v) is 2.65. The maximum absolute atomic E-state index is 13.0. The summed E-state index contributed by atoms with van der Waals surface area (Å²) in [5, 5.41) is 0. The Morgan fingerprint density at radius 1 is 1.41 bits per heavy atom. The van der Waals surface area contributed by atoms with Crippen LogP contribution in [0.3, 0.4) is 0 Å². The van der Waals surface area contributed by atoms with Crippen molar-refractivity contribution in [1.82, 2.24) is 0 Å². The molecule has 0 unspecified atom stereocenters. The molecule has 0 aliphatic rings. The molecular weight excluding hydrogens is 219 g/mol. The summed E-state index contributed by atoms with van der Waals surface area (Å²) < 4.78 is 18.2. The third-order valence-electron chi connectivity index (χ3n) is 2.65. The standard InChI is InChI=1S/C14H19FO2/c1-3-17-8-4-5-14(16)10-12-9-13(15)7-6-11(12)2/h6-7,9H,3-5,8,10H2,1-2H3. The van der Waals surface area contributed by atoms with E-state index < -0.39 is 0 Å². The summed E-state index contributed by atoms with van der Waals surface area (Å²) in [6.45, 7) is 5.11. The quantitative estimate of drug-likeness (QED) is 0.682. The van der Waals surface area contributed by atoms with E-state index in [9.17, 15) is 9.18 Å². The largest absolute Gasteiger partial charge is 0.382 e. The average molecular weight is 238 g/mol. The molecule has 0 N–H and O–H groups in total. The zero-order chi connectivity index (χ0) is 12.7. The van der Waals surface area contributed by atoms with E-state index in [1.54, 1.807) is 6.07 Å². The van der Waals surface area contributed by atoms with E-state index in [1.165, 1.54) is 12.1 Å². The zero-order valence-electron chi connectivity index (χ0n) is 10.5. The lowest BCUT2D eigenvalue weighted by Gasteiger charge is -2.05. The van der Waals surface area contributed by atoms with Gasteiger partial charge < -0.3 is 4.74 Å². The highest BCUT2D eigenvalue weighted by Crippen LogP contribution is 2.12. The van der Waals surface area contributed by atoms with Crippen LogP contribution in [0.2, 0.25) is 0 Å². The molecule has 0 bridgehead atoms. The van der Waals surface area contributed by atoms with Gasteiger partial charge in [-0.2, -0.15) is 0 Å². The number of rotatable bonds is 7. The first-order chi connectivity index (χ1) is 8.13. The molecule has 0 radical (unpaired) electrons. The molecule has 1 rings (SSSR count). The summed E-state index contributed by atoms with van der Waals surface area (Å²) in [7, 11) is 0. The zero-order valence-corrected chi connectivity index (χ0v) is 10.5. The second kappa shape index (κ2) is 7.17. The maximum Gasteiger partial charge on any atom is 0.137 e. The van der Waals surface area contributed by atoms with Crippen LogP contribution in [0.1, 0.15) is 30.9 Å². The highest BCUT2D eigenvalue weighted by Gasteiger charge is 2.07. The summed E-state index contributed by atoms with van der Waals surface area (Å²) in [5.74, 6) is -0.147. The molecule has 0 aromatic heterocycles. The number of Topliss-reactive ketones (excluding diaryl/α,β-unsaturated/α-hetero) is 1. The number of ketones is 1. The lowest BCUT2D eigenvalue weighted by molar-refractivity contribution is -0.118. The van der Waals surface area contributed by atoms with Crippen molar-refractivity contribution in [2.75, 3.05) is 13.2 Å². The van der Waals surface area contributed by atoms with E-state index >= 15 is 0 Å². The SMILES string of the molecule is CCOCCCC(=O)Cc1cc(F)ccc1C. The molecule has 0 saturated carbocycles. The predicted octanol–water partition coefficient (Wildman–Crippen LogP) is 3.06. The lowest BCUT2D eigenvalue weighted by atomic mass is 10.0. The van der Waals surface area contributed by atoms with Crippen LogP contribution in [-0.2, 0) is 16.0 Å². The smallest absolute Gasteiger partial charge is 0.137 e. The van der Waals surface area contributed by atoms with Gasteiger partial charge in [-0.15, -0.1) is 0 Å². The topological polar surface area (TPSA) is 26.3 Å². The Balaban J connectivity index is 2.42. The van der Waals surface area contributed by atoms with Gasteiger partial charge in [0.15, 0.2) is 0 Å². The summed E-state index contributed by atoms with van der Waals surface area (Å²) >= 11 is 0.